The fourth-order valence-electron chi connectivity index (χ4n) is 8.49. The van der Waals surface area contributed by atoms with E-state index in [1.165, 1.54) is 57.8 Å². The summed E-state index contributed by atoms with van der Waals surface area (Å²) in [5.41, 5.74) is 1.53. The maximum absolute atomic E-state index is 10.8. The van der Waals surface area contributed by atoms with Crippen LogP contribution in [-0.2, 0) is 0 Å². The Kier molecular flexibility index (Phi) is 5.22. The predicted molar refractivity (Wildman–Crippen MR) is 118 cm³/mol. The van der Waals surface area contributed by atoms with Crippen molar-refractivity contribution in [2.24, 2.45) is 35.0 Å². The van der Waals surface area contributed by atoms with Gasteiger partial charge in [0.15, 0.2) is 0 Å². The van der Waals surface area contributed by atoms with Crippen LogP contribution in [0.4, 0.5) is 0 Å². The van der Waals surface area contributed by atoms with Gasteiger partial charge in [-0.1, -0.05) is 38.3 Å². The number of fused-ring (bicyclic) bond motifs is 5. The summed E-state index contributed by atoms with van der Waals surface area (Å²) >= 11 is 0. The van der Waals surface area contributed by atoms with Crippen molar-refractivity contribution in [2.45, 2.75) is 121 Å². The van der Waals surface area contributed by atoms with E-state index < -0.39 is 5.60 Å². The van der Waals surface area contributed by atoms with Crippen LogP contribution < -0.4 is 0 Å². The summed E-state index contributed by atoms with van der Waals surface area (Å²) in [6.45, 7) is 4.80. The standard InChI is InChI=1S/C27H44O2/c1-3-26(28)15-12-21-19(18-26)7-9-23-22(21)11-14-25(2)20(8-10-24(23)25)6-4-5-13-27(29)16-17-27/h7,20-24,28-29H,3-6,8-18H2,1-2H3/t20-,21-,22+,23+,24-,25+,26-/m0/s1. The first-order valence-corrected chi connectivity index (χ1v) is 13.0. The van der Waals surface area contributed by atoms with E-state index in [0.717, 1.165) is 68.1 Å². The number of hydrogen-bond donors (Lipinski definition) is 2. The lowest BCUT2D eigenvalue weighted by molar-refractivity contribution is -0.0407. The van der Waals surface area contributed by atoms with E-state index in [0.29, 0.717) is 5.41 Å². The molecule has 0 aromatic heterocycles. The van der Waals surface area contributed by atoms with Gasteiger partial charge in [-0.3, -0.25) is 0 Å². The van der Waals surface area contributed by atoms with Crippen molar-refractivity contribution < 1.29 is 10.2 Å². The van der Waals surface area contributed by atoms with Gasteiger partial charge < -0.3 is 10.2 Å². The first-order chi connectivity index (χ1) is 13.9. The third-order valence-corrected chi connectivity index (χ3v) is 10.7. The number of unbranched alkanes of at least 4 members (excludes halogenated alkanes) is 1. The Bertz CT molecular complexity index is 649. The zero-order valence-corrected chi connectivity index (χ0v) is 19.0. The lowest BCUT2D eigenvalue weighted by Crippen LogP contribution is -2.47. The molecule has 0 aromatic carbocycles. The molecule has 4 saturated carbocycles. The Morgan fingerprint density at radius 3 is 2.52 bits per heavy atom. The van der Waals surface area contributed by atoms with Gasteiger partial charge in [0.2, 0.25) is 0 Å². The fraction of sp³-hybridized carbons (Fsp3) is 0.926. The molecule has 164 valence electrons. The third-order valence-electron chi connectivity index (χ3n) is 10.7. The first-order valence-electron chi connectivity index (χ1n) is 13.0. The molecule has 0 bridgehead atoms. The molecule has 5 aliphatic rings. The Balaban J connectivity index is 1.23. The van der Waals surface area contributed by atoms with Crippen molar-refractivity contribution in [1.82, 2.24) is 0 Å². The second-order valence-corrected chi connectivity index (χ2v) is 12.1. The summed E-state index contributed by atoms with van der Waals surface area (Å²) in [6, 6.07) is 0. The van der Waals surface area contributed by atoms with Crippen molar-refractivity contribution in [3.8, 4) is 0 Å². The average molecular weight is 401 g/mol. The lowest BCUT2D eigenvalue weighted by Gasteiger charge is -2.54. The summed E-state index contributed by atoms with van der Waals surface area (Å²) < 4.78 is 0. The Labute approximate surface area is 178 Å². The van der Waals surface area contributed by atoms with Crippen LogP contribution in [0.1, 0.15) is 110 Å². The molecule has 0 unspecified atom stereocenters. The summed E-state index contributed by atoms with van der Waals surface area (Å²) in [6.07, 6.45) is 20.9. The van der Waals surface area contributed by atoms with Crippen LogP contribution in [0.25, 0.3) is 0 Å². The quantitative estimate of drug-likeness (QED) is 0.400. The molecule has 0 aliphatic heterocycles. The second-order valence-electron chi connectivity index (χ2n) is 12.1. The summed E-state index contributed by atoms with van der Waals surface area (Å²) in [5.74, 6) is 4.45. The van der Waals surface area contributed by atoms with Crippen LogP contribution in [0.5, 0.6) is 0 Å². The summed E-state index contributed by atoms with van der Waals surface area (Å²) in [7, 11) is 0. The molecule has 2 nitrogen and oxygen atoms in total. The van der Waals surface area contributed by atoms with Crippen molar-refractivity contribution in [1.29, 1.82) is 0 Å². The molecule has 0 amide bonds. The van der Waals surface area contributed by atoms with Crippen LogP contribution in [0.2, 0.25) is 0 Å². The fourth-order valence-corrected chi connectivity index (χ4v) is 8.49. The highest BCUT2D eigenvalue weighted by molar-refractivity contribution is 5.22. The van der Waals surface area contributed by atoms with Gasteiger partial charge >= 0.3 is 0 Å². The minimum absolute atomic E-state index is 0.254. The van der Waals surface area contributed by atoms with E-state index >= 15 is 0 Å². The largest absolute Gasteiger partial charge is 0.390 e. The minimum atomic E-state index is -0.412. The van der Waals surface area contributed by atoms with Gasteiger partial charge in [-0.05, 0) is 118 Å². The minimum Gasteiger partial charge on any atom is -0.390 e. The zero-order valence-electron chi connectivity index (χ0n) is 19.0. The highest BCUT2D eigenvalue weighted by Gasteiger charge is 2.56. The van der Waals surface area contributed by atoms with E-state index in [-0.39, 0.29) is 5.60 Å². The number of hydrogen-bond acceptors (Lipinski definition) is 2. The van der Waals surface area contributed by atoms with Gasteiger partial charge in [-0.2, -0.15) is 0 Å². The second kappa shape index (κ2) is 7.37. The summed E-state index contributed by atoms with van der Waals surface area (Å²) in [5, 5.41) is 21.0. The molecule has 0 radical (unpaired) electrons. The molecule has 0 aromatic rings. The molecule has 4 fully saturated rings. The van der Waals surface area contributed by atoms with Gasteiger partial charge in [0.25, 0.3) is 0 Å². The van der Waals surface area contributed by atoms with Crippen molar-refractivity contribution in [2.75, 3.05) is 0 Å². The van der Waals surface area contributed by atoms with E-state index in [9.17, 15) is 10.2 Å². The Morgan fingerprint density at radius 2 is 1.76 bits per heavy atom. The van der Waals surface area contributed by atoms with E-state index in [2.05, 4.69) is 19.9 Å². The number of rotatable bonds is 6. The van der Waals surface area contributed by atoms with Crippen LogP contribution >= 0.6 is 0 Å². The number of allylic oxidation sites excluding steroid dienone is 1. The topological polar surface area (TPSA) is 40.5 Å². The van der Waals surface area contributed by atoms with Gasteiger partial charge in [0.05, 0.1) is 11.2 Å². The average Bonchev–Trinajstić information content (AvgIpc) is 3.35. The van der Waals surface area contributed by atoms with Crippen LogP contribution in [0, 0.1) is 35.0 Å². The monoisotopic (exact) mass is 400 g/mol. The van der Waals surface area contributed by atoms with E-state index in [4.69, 9.17) is 0 Å². The van der Waals surface area contributed by atoms with Crippen molar-refractivity contribution in [3.05, 3.63) is 11.6 Å². The Morgan fingerprint density at radius 1 is 0.931 bits per heavy atom. The van der Waals surface area contributed by atoms with Crippen LogP contribution in [0.3, 0.4) is 0 Å². The molecular weight excluding hydrogens is 356 g/mol. The van der Waals surface area contributed by atoms with Gasteiger partial charge in [0.1, 0.15) is 0 Å². The number of aliphatic hydroxyl groups is 2. The summed E-state index contributed by atoms with van der Waals surface area (Å²) in [4.78, 5) is 0. The SMILES string of the molecule is CC[C@]1(O)CC[C@H]2C(=CC[C@@H]3[C@@H]2CC[C@]2(C)[C@@H](CCCCC4(O)CC4)CC[C@@H]32)C1. The molecule has 2 N–H and O–H groups in total. The molecule has 29 heavy (non-hydrogen) atoms. The maximum atomic E-state index is 10.8. The van der Waals surface area contributed by atoms with Crippen LogP contribution in [-0.4, -0.2) is 21.4 Å². The molecule has 0 heterocycles. The third kappa shape index (κ3) is 3.65. The molecule has 5 rings (SSSR count). The predicted octanol–water partition coefficient (Wildman–Crippen LogP) is 6.40. The molecule has 7 atom stereocenters. The Hall–Kier alpha value is -0.340. The lowest BCUT2D eigenvalue weighted by atomic mass is 9.51. The molecular formula is C27H44O2. The van der Waals surface area contributed by atoms with E-state index in [1.54, 1.807) is 5.57 Å². The van der Waals surface area contributed by atoms with Gasteiger partial charge in [0, 0.05) is 0 Å². The van der Waals surface area contributed by atoms with Crippen LogP contribution in [0.15, 0.2) is 11.6 Å². The molecule has 0 spiro atoms. The first kappa shape index (κ1) is 20.6. The highest BCUT2D eigenvalue weighted by Crippen LogP contribution is 2.64. The van der Waals surface area contributed by atoms with Crippen molar-refractivity contribution >= 4 is 0 Å². The molecule has 5 aliphatic carbocycles. The van der Waals surface area contributed by atoms with Gasteiger partial charge in [-0.15, -0.1) is 0 Å². The molecule has 2 heteroatoms. The normalized spacial score (nSPS) is 47.7. The van der Waals surface area contributed by atoms with Gasteiger partial charge in [-0.25, -0.2) is 0 Å². The maximum Gasteiger partial charge on any atom is 0.0682 e. The highest BCUT2D eigenvalue weighted by atomic mass is 16.3. The zero-order chi connectivity index (χ0) is 20.3. The van der Waals surface area contributed by atoms with Crippen molar-refractivity contribution in [3.63, 3.8) is 0 Å². The smallest absolute Gasteiger partial charge is 0.0682 e. The van der Waals surface area contributed by atoms with E-state index in [1.807, 2.05) is 0 Å². The molecule has 0 saturated heterocycles.